The summed E-state index contributed by atoms with van der Waals surface area (Å²) in [6.07, 6.45) is 5.78. The van der Waals surface area contributed by atoms with E-state index in [0.717, 1.165) is 30.2 Å². The first-order chi connectivity index (χ1) is 12.7. The Morgan fingerprint density at radius 3 is 2.69 bits per heavy atom. The quantitative estimate of drug-likeness (QED) is 0.593. The largest absolute Gasteiger partial charge is 0.356 e. The second-order valence-electron chi connectivity index (χ2n) is 6.35. The number of carbonyl (C=O) groups excluding carboxylic acids is 1. The second kappa shape index (κ2) is 8.99. The molecule has 0 unspecified atom stereocenters. The van der Waals surface area contributed by atoms with E-state index >= 15 is 0 Å². The van der Waals surface area contributed by atoms with Gasteiger partial charge in [0.1, 0.15) is 5.82 Å². The number of amides is 1. The van der Waals surface area contributed by atoms with E-state index in [9.17, 15) is 4.79 Å². The van der Waals surface area contributed by atoms with Crippen LogP contribution in [-0.2, 0) is 4.79 Å². The van der Waals surface area contributed by atoms with Crippen molar-refractivity contribution >= 4 is 23.7 Å². The lowest BCUT2D eigenvalue weighted by Crippen LogP contribution is -2.27. The van der Waals surface area contributed by atoms with Crippen LogP contribution in [0.3, 0.4) is 0 Å². The molecule has 1 aromatic carbocycles. The Labute approximate surface area is 154 Å². The maximum atomic E-state index is 11.8. The normalized spacial score (nSPS) is 14.0. The number of hydrogen-bond acceptors (Lipinski definition) is 5. The molecule has 26 heavy (non-hydrogen) atoms. The maximum absolute atomic E-state index is 11.8. The summed E-state index contributed by atoms with van der Waals surface area (Å²) in [7, 11) is 0. The molecule has 0 bridgehead atoms. The first-order valence-electron chi connectivity index (χ1n) is 9.06. The van der Waals surface area contributed by atoms with Crippen LogP contribution in [0.4, 0.5) is 11.8 Å². The van der Waals surface area contributed by atoms with Crippen molar-refractivity contribution in [1.82, 2.24) is 15.3 Å². The first-order valence-corrected chi connectivity index (χ1v) is 9.06. The summed E-state index contributed by atoms with van der Waals surface area (Å²) < 4.78 is 0. The molecule has 6 nitrogen and oxygen atoms in total. The number of aromatic nitrogens is 2. The van der Waals surface area contributed by atoms with Crippen molar-refractivity contribution in [3.05, 3.63) is 53.7 Å². The number of carbonyl (C=O) groups is 1. The zero-order chi connectivity index (χ0) is 18.2. The zero-order valence-electron chi connectivity index (χ0n) is 15.1. The van der Waals surface area contributed by atoms with Gasteiger partial charge in [-0.2, -0.15) is 4.98 Å². The molecule has 136 valence electrons. The Kier molecular flexibility index (Phi) is 6.19. The molecule has 3 rings (SSSR count). The molecule has 1 aliphatic heterocycles. The van der Waals surface area contributed by atoms with Gasteiger partial charge in [-0.1, -0.05) is 30.3 Å². The highest BCUT2D eigenvalue weighted by molar-refractivity contribution is 5.91. The Morgan fingerprint density at radius 2 is 1.92 bits per heavy atom. The minimum atomic E-state index is -0.112. The van der Waals surface area contributed by atoms with E-state index in [1.807, 2.05) is 43.3 Å². The predicted octanol–water partition coefficient (Wildman–Crippen LogP) is 2.63. The Bertz CT molecular complexity index is 754. The molecule has 1 fully saturated rings. The Hall–Kier alpha value is -2.89. The molecule has 1 aliphatic rings. The van der Waals surface area contributed by atoms with Gasteiger partial charge in [0.25, 0.3) is 0 Å². The molecule has 1 aromatic heterocycles. The van der Waals surface area contributed by atoms with E-state index in [0.29, 0.717) is 19.0 Å². The second-order valence-corrected chi connectivity index (χ2v) is 6.35. The third-order valence-corrected chi connectivity index (χ3v) is 4.20. The number of benzene rings is 1. The van der Waals surface area contributed by atoms with Crippen LogP contribution in [0.1, 0.15) is 24.1 Å². The summed E-state index contributed by atoms with van der Waals surface area (Å²) in [5, 5.41) is 6.04. The third-order valence-electron chi connectivity index (χ3n) is 4.20. The Morgan fingerprint density at radius 1 is 1.15 bits per heavy atom. The number of aryl methyl sites for hydroxylation is 1. The van der Waals surface area contributed by atoms with Crippen LogP contribution in [-0.4, -0.2) is 42.1 Å². The predicted molar refractivity (Wildman–Crippen MR) is 105 cm³/mol. The maximum Gasteiger partial charge on any atom is 0.244 e. The van der Waals surface area contributed by atoms with Gasteiger partial charge < -0.3 is 15.5 Å². The van der Waals surface area contributed by atoms with Gasteiger partial charge >= 0.3 is 0 Å². The van der Waals surface area contributed by atoms with Gasteiger partial charge in [-0.3, -0.25) is 4.79 Å². The van der Waals surface area contributed by atoms with Crippen molar-refractivity contribution in [3.63, 3.8) is 0 Å². The zero-order valence-corrected chi connectivity index (χ0v) is 15.1. The fraction of sp³-hybridized carbons (Fsp3) is 0.350. The molecule has 2 aromatic rings. The van der Waals surface area contributed by atoms with Gasteiger partial charge in [-0.05, 0) is 31.4 Å². The van der Waals surface area contributed by atoms with E-state index < -0.39 is 0 Å². The summed E-state index contributed by atoms with van der Waals surface area (Å²) in [6, 6.07) is 11.8. The van der Waals surface area contributed by atoms with Gasteiger partial charge in [0, 0.05) is 44.0 Å². The molecule has 6 heteroatoms. The minimum Gasteiger partial charge on any atom is -0.356 e. The number of anilines is 2. The fourth-order valence-electron chi connectivity index (χ4n) is 2.89. The molecule has 2 heterocycles. The first kappa shape index (κ1) is 17.9. The van der Waals surface area contributed by atoms with Gasteiger partial charge in [0.05, 0.1) is 0 Å². The lowest BCUT2D eigenvalue weighted by molar-refractivity contribution is -0.116. The van der Waals surface area contributed by atoms with E-state index in [4.69, 9.17) is 0 Å². The molecule has 0 aliphatic carbocycles. The van der Waals surface area contributed by atoms with Crippen LogP contribution >= 0.6 is 0 Å². The summed E-state index contributed by atoms with van der Waals surface area (Å²) in [5.74, 6) is 1.48. The molecule has 2 N–H and O–H groups in total. The topological polar surface area (TPSA) is 70.2 Å². The van der Waals surface area contributed by atoms with Crippen molar-refractivity contribution in [2.24, 2.45) is 0 Å². The monoisotopic (exact) mass is 351 g/mol. The highest BCUT2D eigenvalue weighted by Gasteiger charge is 2.14. The highest BCUT2D eigenvalue weighted by Crippen LogP contribution is 2.19. The van der Waals surface area contributed by atoms with Crippen molar-refractivity contribution in [3.8, 4) is 0 Å². The fourth-order valence-corrected chi connectivity index (χ4v) is 2.89. The summed E-state index contributed by atoms with van der Waals surface area (Å²) in [6.45, 7) is 5.17. The van der Waals surface area contributed by atoms with Gasteiger partial charge in [0.2, 0.25) is 11.9 Å². The number of nitrogens with zero attached hydrogens (tertiary/aromatic N) is 3. The van der Waals surface area contributed by atoms with Crippen molar-refractivity contribution in [2.75, 3.05) is 36.4 Å². The lowest BCUT2D eigenvalue weighted by Gasteiger charge is -2.17. The van der Waals surface area contributed by atoms with Crippen molar-refractivity contribution < 1.29 is 4.79 Å². The summed E-state index contributed by atoms with van der Waals surface area (Å²) in [5.41, 5.74) is 1.95. The molecular formula is C20H25N5O. The van der Waals surface area contributed by atoms with Crippen LogP contribution in [0, 0.1) is 6.92 Å². The minimum absolute atomic E-state index is 0.112. The average molecular weight is 351 g/mol. The standard InChI is InChI=1S/C20H25N5O/c1-16-15-18(25-13-5-6-14-25)24-20(23-16)22-12-11-21-19(26)10-9-17-7-3-2-4-8-17/h2-4,7-10,15H,5-6,11-14H2,1H3,(H,21,26)(H,22,23,24)/b10-9+. The van der Waals surface area contributed by atoms with Crippen molar-refractivity contribution in [1.29, 1.82) is 0 Å². The molecule has 0 radical (unpaired) electrons. The van der Waals surface area contributed by atoms with Crippen molar-refractivity contribution in [2.45, 2.75) is 19.8 Å². The number of rotatable bonds is 7. The van der Waals surface area contributed by atoms with E-state index in [2.05, 4.69) is 25.5 Å². The number of nitrogens with one attached hydrogen (secondary N) is 2. The van der Waals surface area contributed by atoms with Crippen LogP contribution in [0.15, 0.2) is 42.5 Å². The van der Waals surface area contributed by atoms with Gasteiger partial charge in [-0.25, -0.2) is 4.98 Å². The van der Waals surface area contributed by atoms with Gasteiger partial charge in [-0.15, -0.1) is 0 Å². The van der Waals surface area contributed by atoms with Crippen LogP contribution in [0.2, 0.25) is 0 Å². The smallest absolute Gasteiger partial charge is 0.244 e. The van der Waals surface area contributed by atoms with Crippen LogP contribution in [0.25, 0.3) is 6.08 Å². The van der Waals surface area contributed by atoms with Gasteiger partial charge in [0.15, 0.2) is 0 Å². The molecule has 0 saturated carbocycles. The molecule has 1 amide bonds. The average Bonchev–Trinajstić information content (AvgIpc) is 3.19. The van der Waals surface area contributed by atoms with Crippen LogP contribution < -0.4 is 15.5 Å². The van der Waals surface area contributed by atoms with Crippen LogP contribution in [0.5, 0.6) is 0 Å². The lowest BCUT2D eigenvalue weighted by atomic mass is 10.2. The molecule has 0 atom stereocenters. The Balaban J connectivity index is 1.44. The van der Waals surface area contributed by atoms with E-state index in [1.165, 1.54) is 12.8 Å². The molecule has 1 saturated heterocycles. The van der Waals surface area contributed by atoms with E-state index in [1.54, 1.807) is 12.2 Å². The summed E-state index contributed by atoms with van der Waals surface area (Å²) >= 11 is 0. The summed E-state index contributed by atoms with van der Waals surface area (Å²) in [4.78, 5) is 23.1. The number of hydrogen-bond donors (Lipinski definition) is 2. The molecule has 0 spiro atoms. The third kappa shape index (κ3) is 5.31. The van der Waals surface area contributed by atoms with E-state index in [-0.39, 0.29) is 5.91 Å². The SMILES string of the molecule is Cc1cc(N2CCCC2)nc(NCCNC(=O)/C=C/c2ccccc2)n1. The highest BCUT2D eigenvalue weighted by atomic mass is 16.1. The molecular weight excluding hydrogens is 326 g/mol.